The van der Waals surface area contributed by atoms with Gasteiger partial charge in [-0.1, -0.05) is 12.2 Å². The molecule has 0 N–H and O–H groups in total. The number of fused-ring (bicyclic) bond motifs is 1. The summed E-state index contributed by atoms with van der Waals surface area (Å²) in [6, 6.07) is 1.98. The first-order valence-corrected chi connectivity index (χ1v) is 4.34. The summed E-state index contributed by atoms with van der Waals surface area (Å²) in [5, 5.41) is 3.03. The zero-order chi connectivity index (χ0) is 7.68. The Morgan fingerprint density at radius 1 is 1.36 bits per heavy atom. The van der Waals surface area contributed by atoms with Gasteiger partial charge >= 0.3 is 0 Å². The van der Waals surface area contributed by atoms with Crippen LogP contribution in [0.4, 0.5) is 0 Å². The molecular formula is C7H4N2S2. The fourth-order valence-electron chi connectivity index (χ4n) is 0.811. The van der Waals surface area contributed by atoms with E-state index >= 15 is 0 Å². The molecule has 2 nitrogen and oxygen atoms in total. The van der Waals surface area contributed by atoms with E-state index in [1.807, 2.05) is 11.4 Å². The second-order valence-electron chi connectivity index (χ2n) is 2.04. The van der Waals surface area contributed by atoms with Gasteiger partial charge in [0.2, 0.25) is 0 Å². The highest BCUT2D eigenvalue weighted by atomic mass is 32.1. The Bertz CT molecular complexity index is 435. The number of nitrogens with zero attached hydrogens (tertiary/aromatic N) is 2. The van der Waals surface area contributed by atoms with E-state index in [1.54, 1.807) is 23.7 Å². The third-order valence-electron chi connectivity index (χ3n) is 1.28. The molecule has 0 fully saturated rings. The van der Waals surface area contributed by atoms with E-state index in [9.17, 15) is 0 Å². The third-order valence-corrected chi connectivity index (χ3v) is 2.30. The summed E-state index contributed by atoms with van der Waals surface area (Å²) in [4.78, 5) is 9.11. The number of hydrogen-bond acceptors (Lipinski definition) is 4. The van der Waals surface area contributed by atoms with Crippen molar-refractivity contribution in [2.75, 3.05) is 0 Å². The minimum atomic E-state index is 0.544. The summed E-state index contributed by atoms with van der Waals surface area (Å²) in [6.45, 7) is 0. The molecule has 2 aromatic rings. The second-order valence-corrected chi connectivity index (χ2v) is 3.35. The van der Waals surface area contributed by atoms with Crippen molar-refractivity contribution >= 4 is 33.8 Å². The highest BCUT2D eigenvalue weighted by molar-refractivity contribution is 7.71. The molecule has 0 atom stereocenters. The molecule has 2 aromatic heterocycles. The van der Waals surface area contributed by atoms with Gasteiger partial charge in [-0.25, -0.2) is 4.98 Å². The summed E-state index contributed by atoms with van der Waals surface area (Å²) < 4.78 is 0.544. The van der Waals surface area contributed by atoms with Crippen LogP contribution in [0, 0.1) is 4.64 Å². The van der Waals surface area contributed by atoms with Crippen LogP contribution in [0.1, 0.15) is 0 Å². The number of aromatic nitrogens is 2. The summed E-state index contributed by atoms with van der Waals surface area (Å²) in [5.41, 5.74) is 0. The predicted octanol–water partition coefficient (Wildman–Crippen LogP) is 2.42. The van der Waals surface area contributed by atoms with Gasteiger partial charge in [-0.2, -0.15) is 0 Å². The lowest BCUT2D eigenvalue weighted by Gasteiger charge is -1.72. The molecular weight excluding hydrogens is 176 g/mol. The van der Waals surface area contributed by atoms with Gasteiger partial charge in [-0.15, -0.1) is 11.3 Å². The normalized spacial score (nSPS) is 10.2. The van der Waals surface area contributed by atoms with Crippen molar-refractivity contribution in [1.29, 1.82) is 0 Å². The SMILES string of the molecule is S=c1cncc2ccsc2n1. The quantitative estimate of drug-likeness (QED) is 0.582. The fraction of sp³-hybridized carbons (Fsp3) is 0. The Morgan fingerprint density at radius 2 is 2.27 bits per heavy atom. The van der Waals surface area contributed by atoms with Crippen molar-refractivity contribution in [1.82, 2.24) is 9.97 Å². The van der Waals surface area contributed by atoms with Gasteiger partial charge in [0.25, 0.3) is 0 Å². The average Bonchev–Trinajstić information content (AvgIpc) is 2.31. The van der Waals surface area contributed by atoms with Crippen LogP contribution in [0.15, 0.2) is 23.8 Å². The fourth-order valence-corrected chi connectivity index (χ4v) is 1.77. The van der Waals surface area contributed by atoms with Crippen LogP contribution >= 0.6 is 23.6 Å². The molecule has 0 aromatic carbocycles. The first-order valence-electron chi connectivity index (χ1n) is 3.06. The van der Waals surface area contributed by atoms with Gasteiger partial charge in [-0.05, 0) is 11.4 Å². The number of hydrogen-bond donors (Lipinski definition) is 0. The molecule has 0 bridgehead atoms. The van der Waals surface area contributed by atoms with Crippen molar-refractivity contribution in [2.45, 2.75) is 0 Å². The van der Waals surface area contributed by atoms with E-state index in [0.717, 1.165) is 10.2 Å². The van der Waals surface area contributed by atoms with E-state index in [2.05, 4.69) is 9.97 Å². The van der Waals surface area contributed by atoms with Crippen LogP contribution < -0.4 is 0 Å². The predicted molar refractivity (Wildman–Crippen MR) is 48.2 cm³/mol. The Balaban J connectivity index is 3.00. The van der Waals surface area contributed by atoms with Crippen molar-refractivity contribution in [2.24, 2.45) is 0 Å². The maximum absolute atomic E-state index is 4.91. The number of thiophene rings is 1. The topological polar surface area (TPSA) is 25.8 Å². The molecule has 2 heterocycles. The molecule has 0 unspecified atom stereocenters. The zero-order valence-electron chi connectivity index (χ0n) is 5.52. The average molecular weight is 180 g/mol. The Hall–Kier alpha value is -0.870. The molecule has 54 valence electrons. The minimum absolute atomic E-state index is 0.544. The smallest absolute Gasteiger partial charge is 0.146 e. The van der Waals surface area contributed by atoms with Crippen LogP contribution in [0.25, 0.3) is 10.2 Å². The first kappa shape index (κ1) is 6.82. The first-order chi connectivity index (χ1) is 5.36. The van der Waals surface area contributed by atoms with Crippen LogP contribution in [0.5, 0.6) is 0 Å². The summed E-state index contributed by atoms with van der Waals surface area (Å²) >= 11 is 6.48. The lowest BCUT2D eigenvalue weighted by Crippen LogP contribution is -1.61. The zero-order valence-corrected chi connectivity index (χ0v) is 7.15. The Labute approximate surface area is 72.6 Å². The van der Waals surface area contributed by atoms with Gasteiger partial charge < -0.3 is 0 Å². The van der Waals surface area contributed by atoms with Crippen LogP contribution in [0.2, 0.25) is 0 Å². The molecule has 0 spiro atoms. The van der Waals surface area contributed by atoms with Crippen LogP contribution in [-0.2, 0) is 0 Å². The molecule has 0 radical (unpaired) electrons. The van der Waals surface area contributed by atoms with Gasteiger partial charge in [0, 0.05) is 11.6 Å². The molecule has 11 heavy (non-hydrogen) atoms. The van der Waals surface area contributed by atoms with Crippen LogP contribution in [-0.4, -0.2) is 9.97 Å². The lowest BCUT2D eigenvalue weighted by atomic mass is 10.4. The van der Waals surface area contributed by atoms with Crippen molar-refractivity contribution < 1.29 is 0 Å². The maximum atomic E-state index is 4.91. The summed E-state index contributed by atoms with van der Waals surface area (Å²) in [7, 11) is 0. The molecule has 4 heteroatoms. The second kappa shape index (κ2) is 2.64. The molecule has 0 saturated heterocycles. The molecule has 0 aliphatic rings. The van der Waals surface area contributed by atoms with Crippen molar-refractivity contribution in [3.05, 3.63) is 28.5 Å². The Morgan fingerprint density at radius 3 is 3.18 bits per heavy atom. The summed E-state index contributed by atoms with van der Waals surface area (Å²) in [6.07, 6.45) is 3.36. The van der Waals surface area contributed by atoms with Crippen LogP contribution in [0.3, 0.4) is 0 Å². The lowest BCUT2D eigenvalue weighted by molar-refractivity contribution is 1.32. The highest BCUT2D eigenvalue weighted by Gasteiger charge is 1.91. The van der Waals surface area contributed by atoms with E-state index in [4.69, 9.17) is 12.2 Å². The molecule has 0 amide bonds. The number of rotatable bonds is 0. The largest absolute Gasteiger partial charge is 0.261 e. The highest BCUT2D eigenvalue weighted by Crippen LogP contribution is 2.14. The van der Waals surface area contributed by atoms with E-state index < -0.39 is 0 Å². The van der Waals surface area contributed by atoms with Gasteiger partial charge in [0.05, 0.1) is 6.20 Å². The monoisotopic (exact) mass is 180 g/mol. The van der Waals surface area contributed by atoms with Gasteiger partial charge in [0.1, 0.15) is 9.47 Å². The maximum Gasteiger partial charge on any atom is 0.146 e. The van der Waals surface area contributed by atoms with Gasteiger partial charge in [0.15, 0.2) is 0 Å². The molecule has 0 saturated carbocycles. The van der Waals surface area contributed by atoms with E-state index in [1.165, 1.54) is 0 Å². The summed E-state index contributed by atoms with van der Waals surface area (Å²) in [5.74, 6) is 0. The van der Waals surface area contributed by atoms with Gasteiger partial charge in [-0.3, -0.25) is 4.98 Å². The third kappa shape index (κ3) is 1.27. The van der Waals surface area contributed by atoms with E-state index in [0.29, 0.717) is 4.64 Å². The molecule has 0 aliphatic heterocycles. The van der Waals surface area contributed by atoms with Crippen molar-refractivity contribution in [3.8, 4) is 0 Å². The minimum Gasteiger partial charge on any atom is -0.261 e. The van der Waals surface area contributed by atoms with Crippen molar-refractivity contribution in [3.63, 3.8) is 0 Å². The Kier molecular flexibility index (Phi) is 1.63. The molecule has 2 rings (SSSR count). The van der Waals surface area contributed by atoms with E-state index in [-0.39, 0.29) is 0 Å². The molecule has 0 aliphatic carbocycles. The standard InChI is InChI=1S/C7H4N2S2/c10-6-4-8-3-5-1-2-11-7(5)9-6/h1-4H.